The molecule has 6 heteroatoms. The standard InChI is InChI=1S/C12H17Cl2NO2S/c1-2-3-7-11(10-13)15(14)18(16,17)12-8-5-4-6-9-12/h4-6,8-9,11H,2-3,7,10H2,1H3. The Morgan fingerprint density at radius 3 is 2.39 bits per heavy atom. The Morgan fingerprint density at radius 1 is 1.28 bits per heavy atom. The molecule has 102 valence electrons. The Morgan fingerprint density at radius 2 is 1.89 bits per heavy atom. The Bertz CT molecular complexity index is 450. The third-order valence-electron chi connectivity index (χ3n) is 2.63. The lowest BCUT2D eigenvalue weighted by Gasteiger charge is -2.22. The highest BCUT2D eigenvalue weighted by molar-refractivity contribution is 7.90. The lowest BCUT2D eigenvalue weighted by molar-refractivity contribution is 0.441. The van der Waals surface area contributed by atoms with Gasteiger partial charge in [-0.3, -0.25) is 0 Å². The van der Waals surface area contributed by atoms with Gasteiger partial charge >= 0.3 is 0 Å². The number of alkyl halides is 1. The summed E-state index contributed by atoms with van der Waals surface area (Å²) in [6.45, 7) is 2.04. The fourth-order valence-corrected chi connectivity index (χ4v) is 3.69. The first-order valence-corrected chi connectivity index (χ1v) is 8.16. The van der Waals surface area contributed by atoms with Gasteiger partial charge in [0.15, 0.2) is 0 Å². The summed E-state index contributed by atoms with van der Waals surface area (Å²) >= 11 is 11.8. The van der Waals surface area contributed by atoms with Crippen molar-refractivity contribution in [3.8, 4) is 0 Å². The van der Waals surface area contributed by atoms with E-state index in [1.807, 2.05) is 6.92 Å². The summed E-state index contributed by atoms with van der Waals surface area (Å²) in [6, 6.07) is 7.76. The fourth-order valence-electron chi connectivity index (χ4n) is 1.56. The Hall–Kier alpha value is -0.290. The quantitative estimate of drug-likeness (QED) is 0.570. The minimum absolute atomic E-state index is 0.187. The van der Waals surface area contributed by atoms with E-state index in [1.165, 1.54) is 12.1 Å². The fraction of sp³-hybridized carbons (Fsp3) is 0.500. The molecule has 0 radical (unpaired) electrons. The summed E-state index contributed by atoms with van der Waals surface area (Å²) in [7, 11) is -3.67. The largest absolute Gasteiger partial charge is 0.256 e. The average Bonchev–Trinajstić information content (AvgIpc) is 2.40. The van der Waals surface area contributed by atoms with Crippen LogP contribution in [0, 0.1) is 0 Å². The number of halogens is 2. The molecule has 0 aliphatic rings. The Balaban J connectivity index is 2.90. The second-order valence-electron chi connectivity index (χ2n) is 4.01. The molecule has 1 aromatic carbocycles. The molecule has 0 saturated carbocycles. The van der Waals surface area contributed by atoms with Crippen molar-refractivity contribution in [2.24, 2.45) is 0 Å². The van der Waals surface area contributed by atoms with Gasteiger partial charge in [-0.25, -0.2) is 8.42 Å². The number of hydrogen-bond acceptors (Lipinski definition) is 2. The molecule has 1 unspecified atom stereocenters. The predicted octanol–water partition coefficient (Wildman–Crippen LogP) is 3.63. The van der Waals surface area contributed by atoms with Crippen molar-refractivity contribution in [1.82, 2.24) is 3.82 Å². The molecule has 1 rings (SSSR count). The van der Waals surface area contributed by atoms with Crippen LogP contribution in [-0.2, 0) is 10.0 Å². The minimum Gasteiger partial charge on any atom is -0.206 e. The molecule has 0 fully saturated rings. The van der Waals surface area contributed by atoms with Crippen LogP contribution in [0.5, 0.6) is 0 Å². The van der Waals surface area contributed by atoms with Crippen LogP contribution in [0.4, 0.5) is 0 Å². The second kappa shape index (κ2) is 7.34. The summed E-state index contributed by atoms with van der Waals surface area (Å²) in [5.41, 5.74) is 0. The number of rotatable bonds is 7. The number of hydrogen-bond donors (Lipinski definition) is 0. The van der Waals surface area contributed by atoms with Crippen molar-refractivity contribution < 1.29 is 8.42 Å². The molecule has 0 saturated heterocycles. The number of nitrogens with zero attached hydrogens (tertiary/aromatic N) is 1. The summed E-state index contributed by atoms with van der Waals surface area (Å²) in [5, 5.41) is 0. The maximum atomic E-state index is 12.2. The van der Waals surface area contributed by atoms with E-state index in [1.54, 1.807) is 18.2 Å². The first-order valence-electron chi connectivity index (χ1n) is 5.85. The van der Waals surface area contributed by atoms with Gasteiger partial charge in [-0.15, -0.1) is 15.4 Å². The average molecular weight is 310 g/mol. The van der Waals surface area contributed by atoms with Gasteiger partial charge in [0.25, 0.3) is 10.0 Å². The SMILES string of the molecule is CCCCC(CCl)N(Cl)S(=O)(=O)c1ccccc1. The summed E-state index contributed by atoms with van der Waals surface area (Å²) < 4.78 is 25.3. The van der Waals surface area contributed by atoms with Gasteiger partial charge in [-0.05, 0) is 30.3 Å². The van der Waals surface area contributed by atoms with Crippen molar-refractivity contribution in [2.45, 2.75) is 37.1 Å². The van der Waals surface area contributed by atoms with Gasteiger partial charge in [0.1, 0.15) is 0 Å². The molecular formula is C12H17Cl2NO2S. The Kier molecular flexibility index (Phi) is 6.43. The second-order valence-corrected chi connectivity index (χ2v) is 6.70. The highest BCUT2D eigenvalue weighted by Crippen LogP contribution is 2.23. The van der Waals surface area contributed by atoms with Crippen molar-refractivity contribution in [3.05, 3.63) is 30.3 Å². The van der Waals surface area contributed by atoms with Crippen LogP contribution in [0.25, 0.3) is 0 Å². The van der Waals surface area contributed by atoms with E-state index in [-0.39, 0.29) is 16.8 Å². The topological polar surface area (TPSA) is 37.4 Å². The third-order valence-corrected chi connectivity index (χ3v) is 5.43. The molecule has 0 heterocycles. The van der Waals surface area contributed by atoms with Crippen LogP contribution in [-0.4, -0.2) is 24.2 Å². The first kappa shape index (κ1) is 15.8. The molecule has 0 bridgehead atoms. The molecule has 3 nitrogen and oxygen atoms in total. The van der Waals surface area contributed by atoms with Gasteiger partial charge in [0, 0.05) is 5.88 Å². The molecule has 0 N–H and O–H groups in total. The Labute approximate surface area is 119 Å². The van der Waals surface area contributed by atoms with E-state index < -0.39 is 10.0 Å². The van der Waals surface area contributed by atoms with E-state index in [9.17, 15) is 8.42 Å². The van der Waals surface area contributed by atoms with Crippen LogP contribution in [0.15, 0.2) is 35.2 Å². The zero-order valence-corrected chi connectivity index (χ0v) is 12.5. The van der Waals surface area contributed by atoms with E-state index >= 15 is 0 Å². The molecule has 0 amide bonds. The van der Waals surface area contributed by atoms with Crippen LogP contribution in [0.2, 0.25) is 0 Å². The van der Waals surface area contributed by atoms with Crippen molar-refractivity contribution in [2.75, 3.05) is 5.88 Å². The molecule has 18 heavy (non-hydrogen) atoms. The summed E-state index contributed by atoms with van der Waals surface area (Å²) in [4.78, 5) is 0.187. The highest BCUT2D eigenvalue weighted by atomic mass is 35.5. The van der Waals surface area contributed by atoms with Crippen LogP contribution < -0.4 is 0 Å². The normalized spacial score (nSPS) is 13.8. The first-order chi connectivity index (χ1) is 8.54. The summed E-state index contributed by atoms with van der Waals surface area (Å²) in [5.74, 6) is 0.190. The van der Waals surface area contributed by atoms with E-state index in [2.05, 4.69) is 0 Å². The van der Waals surface area contributed by atoms with Crippen LogP contribution >= 0.6 is 23.4 Å². The molecule has 0 spiro atoms. The number of benzene rings is 1. The van der Waals surface area contributed by atoms with Crippen LogP contribution in [0.1, 0.15) is 26.2 Å². The third kappa shape index (κ3) is 3.85. The monoisotopic (exact) mass is 309 g/mol. The molecular weight excluding hydrogens is 293 g/mol. The molecule has 0 aromatic heterocycles. The maximum Gasteiger partial charge on any atom is 0.256 e. The smallest absolute Gasteiger partial charge is 0.206 e. The van der Waals surface area contributed by atoms with E-state index in [4.69, 9.17) is 23.4 Å². The zero-order chi connectivity index (χ0) is 13.6. The number of sulfonamides is 1. The maximum absolute atomic E-state index is 12.2. The minimum atomic E-state index is -3.67. The van der Waals surface area contributed by atoms with E-state index in [0.29, 0.717) is 6.42 Å². The molecule has 1 atom stereocenters. The van der Waals surface area contributed by atoms with Gasteiger partial charge in [0.05, 0.1) is 10.9 Å². The van der Waals surface area contributed by atoms with Gasteiger partial charge < -0.3 is 0 Å². The van der Waals surface area contributed by atoms with Gasteiger partial charge in [-0.1, -0.05) is 38.0 Å². The van der Waals surface area contributed by atoms with Crippen molar-refractivity contribution >= 4 is 33.4 Å². The van der Waals surface area contributed by atoms with E-state index in [0.717, 1.165) is 16.7 Å². The zero-order valence-electron chi connectivity index (χ0n) is 10.2. The van der Waals surface area contributed by atoms with Crippen molar-refractivity contribution in [3.63, 3.8) is 0 Å². The van der Waals surface area contributed by atoms with Gasteiger partial charge in [0.2, 0.25) is 0 Å². The molecule has 0 aliphatic heterocycles. The molecule has 0 aliphatic carbocycles. The highest BCUT2D eigenvalue weighted by Gasteiger charge is 2.29. The lowest BCUT2D eigenvalue weighted by atomic mass is 10.2. The predicted molar refractivity (Wildman–Crippen MR) is 75.4 cm³/mol. The van der Waals surface area contributed by atoms with Crippen molar-refractivity contribution in [1.29, 1.82) is 0 Å². The lowest BCUT2D eigenvalue weighted by Crippen LogP contribution is -2.34. The van der Waals surface area contributed by atoms with Crippen LogP contribution in [0.3, 0.4) is 0 Å². The molecule has 1 aromatic rings. The summed E-state index contributed by atoms with van der Waals surface area (Å²) in [6.07, 6.45) is 2.53. The van der Waals surface area contributed by atoms with Gasteiger partial charge in [-0.2, -0.15) is 0 Å². The number of unbranched alkanes of at least 4 members (excludes halogenated alkanes) is 1.